The third-order valence-corrected chi connectivity index (χ3v) is 3.11. The van der Waals surface area contributed by atoms with Gasteiger partial charge in [-0.05, 0) is 37.4 Å². The van der Waals surface area contributed by atoms with Gasteiger partial charge in [0.25, 0.3) is 0 Å². The summed E-state index contributed by atoms with van der Waals surface area (Å²) in [5.74, 6) is 0. The zero-order valence-corrected chi connectivity index (χ0v) is 9.92. The summed E-state index contributed by atoms with van der Waals surface area (Å²) in [6.45, 7) is 4.40. The van der Waals surface area contributed by atoms with Crippen LogP contribution in [0.2, 0.25) is 0 Å². The fraction of sp³-hybridized carbons (Fsp3) is 0.538. The molecular formula is C13H21N3. The van der Waals surface area contributed by atoms with Gasteiger partial charge < -0.3 is 10.7 Å². The van der Waals surface area contributed by atoms with Gasteiger partial charge in [0, 0.05) is 12.6 Å². The molecule has 3 nitrogen and oxygen atoms in total. The van der Waals surface area contributed by atoms with Gasteiger partial charge in [0.05, 0.1) is 5.69 Å². The molecule has 2 rings (SSSR count). The molecule has 0 radical (unpaired) electrons. The number of anilines is 1. The van der Waals surface area contributed by atoms with Crippen molar-refractivity contribution in [3.05, 3.63) is 29.8 Å². The number of rotatable bonds is 4. The predicted molar refractivity (Wildman–Crippen MR) is 68.5 cm³/mol. The van der Waals surface area contributed by atoms with Crippen molar-refractivity contribution in [2.45, 2.75) is 32.2 Å². The first-order valence-electron chi connectivity index (χ1n) is 6.20. The molecule has 1 heterocycles. The molecule has 3 heteroatoms. The van der Waals surface area contributed by atoms with Crippen LogP contribution >= 0.6 is 0 Å². The van der Waals surface area contributed by atoms with Crippen LogP contribution in [0.1, 0.15) is 25.3 Å². The van der Waals surface area contributed by atoms with E-state index in [2.05, 4.69) is 47.4 Å². The van der Waals surface area contributed by atoms with E-state index in [0.717, 1.165) is 19.5 Å². The first kappa shape index (κ1) is 11.4. The molecule has 0 spiro atoms. The normalized spacial score (nSPS) is 20.7. The Morgan fingerprint density at radius 1 is 1.38 bits per heavy atom. The summed E-state index contributed by atoms with van der Waals surface area (Å²) < 4.78 is 0. The van der Waals surface area contributed by atoms with E-state index in [-0.39, 0.29) is 0 Å². The van der Waals surface area contributed by atoms with Crippen LogP contribution in [-0.4, -0.2) is 19.1 Å². The van der Waals surface area contributed by atoms with Crippen molar-refractivity contribution >= 4 is 5.69 Å². The summed E-state index contributed by atoms with van der Waals surface area (Å²) in [7, 11) is 0. The van der Waals surface area contributed by atoms with Crippen molar-refractivity contribution in [1.29, 1.82) is 0 Å². The molecule has 1 fully saturated rings. The molecule has 0 saturated carbocycles. The van der Waals surface area contributed by atoms with Crippen molar-refractivity contribution in [1.82, 2.24) is 10.7 Å². The summed E-state index contributed by atoms with van der Waals surface area (Å²) >= 11 is 0. The summed E-state index contributed by atoms with van der Waals surface area (Å²) in [6, 6.07) is 9.00. The van der Waals surface area contributed by atoms with E-state index in [0.29, 0.717) is 6.04 Å². The number of hydrogen-bond acceptors (Lipinski definition) is 3. The summed E-state index contributed by atoms with van der Waals surface area (Å²) in [4.78, 5) is 0. The molecule has 1 saturated heterocycles. The molecule has 0 aliphatic carbocycles. The molecule has 1 aliphatic heterocycles. The molecule has 0 aromatic heterocycles. The third kappa shape index (κ3) is 2.97. The van der Waals surface area contributed by atoms with E-state index >= 15 is 0 Å². The van der Waals surface area contributed by atoms with E-state index in [9.17, 15) is 0 Å². The largest absolute Gasteiger partial charge is 0.321 e. The molecule has 1 aromatic carbocycles. The molecule has 88 valence electrons. The zero-order valence-electron chi connectivity index (χ0n) is 9.92. The van der Waals surface area contributed by atoms with Crippen molar-refractivity contribution in [3.8, 4) is 0 Å². The minimum Gasteiger partial charge on any atom is -0.321 e. The molecule has 0 bridgehead atoms. The maximum atomic E-state index is 3.40. The molecule has 1 atom stereocenters. The van der Waals surface area contributed by atoms with Gasteiger partial charge in [0.1, 0.15) is 0 Å². The average molecular weight is 219 g/mol. The highest BCUT2D eigenvalue weighted by atomic mass is 15.4. The highest BCUT2D eigenvalue weighted by molar-refractivity contribution is 5.50. The third-order valence-electron chi connectivity index (χ3n) is 3.11. The van der Waals surface area contributed by atoms with E-state index in [4.69, 9.17) is 0 Å². The Bertz CT molecular complexity index is 319. The lowest BCUT2D eigenvalue weighted by Gasteiger charge is -2.25. The summed E-state index contributed by atoms with van der Waals surface area (Å²) in [5.41, 5.74) is 9.31. The van der Waals surface area contributed by atoms with E-state index < -0.39 is 0 Å². The number of para-hydroxylation sites is 1. The lowest BCUT2D eigenvalue weighted by Crippen LogP contribution is -2.45. The van der Waals surface area contributed by atoms with E-state index in [1.165, 1.54) is 24.1 Å². The van der Waals surface area contributed by atoms with Gasteiger partial charge in [0.2, 0.25) is 0 Å². The second-order valence-electron chi connectivity index (χ2n) is 4.32. The molecule has 1 aliphatic rings. The fourth-order valence-corrected chi connectivity index (χ4v) is 2.11. The van der Waals surface area contributed by atoms with Crippen LogP contribution < -0.4 is 16.2 Å². The van der Waals surface area contributed by atoms with E-state index in [1.54, 1.807) is 0 Å². The SMILES string of the molecule is CCc1ccccc1NN[C@H]1CCCNC1. The first-order valence-corrected chi connectivity index (χ1v) is 6.20. The lowest BCUT2D eigenvalue weighted by molar-refractivity contribution is 0.410. The molecular weight excluding hydrogens is 198 g/mol. The Hall–Kier alpha value is -1.06. The fourth-order valence-electron chi connectivity index (χ4n) is 2.11. The van der Waals surface area contributed by atoms with Gasteiger partial charge in [-0.3, -0.25) is 0 Å². The zero-order chi connectivity index (χ0) is 11.2. The van der Waals surface area contributed by atoms with Gasteiger partial charge >= 0.3 is 0 Å². The molecule has 0 unspecified atom stereocenters. The second-order valence-corrected chi connectivity index (χ2v) is 4.32. The number of nitrogens with one attached hydrogen (secondary N) is 3. The van der Waals surface area contributed by atoms with Crippen LogP contribution in [0, 0.1) is 0 Å². The highest BCUT2D eigenvalue weighted by Crippen LogP contribution is 2.14. The maximum absolute atomic E-state index is 3.40. The van der Waals surface area contributed by atoms with Crippen LogP contribution in [0.4, 0.5) is 5.69 Å². The number of hydrazine groups is 1. The number of piperidine rings is 1. The van der Waals surface area contributed by atoms with Crippen LogP contribution in [0.25, 0.3) is 0 Å². The Morgan fingerprint density at radius 3 is 3.00 bits per heavy atom. The van der Waals surface area contributed by atoms with Gasteiger partial charge in [-0.25, -0.2) is 5.43 Å². The van der Waals surface area contributed by atoms with Crippen LogP contribution in [0.3, 0.4) is 0 Å². The Kier molecular flexibility index (Phi) is 4.19. The highest BCUT2D eigenvalue weighted by Gasteiger charge is 2.11. The topological polar surface area (TPSA) is 36.1 Å². The lowest BCUT2D eigenvalue weighted by atomic mass is 10.1. The molecule has 1 aromatic rings. The standard InChI is InChI=1S/C13H21N3/c1-2-11-6-3-4-8-13(11)16-15-12-7-5-9-14-10-12/h3-4,6,8,12,14-16H,2,5,7,9-10H2,1H3/t12-/m0/s1. The summed E-state index contributed by atoms with van der Waals surface area (Å²) in [6.07, 6.45) is 3.57. The number of aryl methyl sites for hydroxylation is 1. The van der Waals surface area contributed by atoms with Gasteiger partial charge in [-0.15, -0.1) is 0 Å². The quantitative estimate of drug-likeness (QED) is 0.677. The Balaban J connectivity index is 1.88. The first-order chi connectivity index (χ1) is 7.90. The predicted octanol–water partition coefficient (Wildman–Crippen LogP) is 1.92. The molecule has 3 N–H and O–H groups in total. The van der Waals surface area contributed by atoms with Crippen molar-refractivity contribution in [2.24, 2.45) is 0 Å². The van der Waals surface area contributed by atoms with E-state index in [1.807, 2.05) is 0 Å². The smallest absolute Gasteiger partial charge is 0.0519 e. The van der Waals surface area contributed by atoms with Crippen LogP contribution in [-0.2, 0) is 6.42 Å². The minimum atomic E-state index is 0.540. The van der Waals surface area contributed by atoms with Crippen molar-refractivity contribution < 1.29 is 0 Å². The number of hydrogen-bond donors (Lipinski definition) is 3. The minimum absolute atomic E-state index is 0.540. The maximum Gasteiger partial charge on any atom is 0.0519 e. The van der Waals surface area contributed by atoms with Crippen molar-refractivity contribution in [2.75, 3.05) is 18.5 Å². The van der Waals surface area contributed by atoms with Crippen LogP contribution in [0.15, 0.2) is 24.3 Å². The molecule has 0 amide bonds. The molecule has 16 heavy (non-hydrogen) atoms. The average Bonchev–Trinajstić information content (AvgIpc) is 2.38. The van der Waals surface area contributed by atoms with Crippen molar-refractivity contribution in [3.63, 3.8) is 0 Å². The van der Waals surface area contributed by atoms with Gasteiger partial charge in [-0.1, -0.05) is 25.1 Å². The monoisotopic (exact) mass is 219 g/mol. The summed E-state index contributed by atoms with van der Waals surface area (Å²) in [5, 5.41) is 3.40. The van der Waals surface area contributed by atoms with Crippen LogP contribution in [0.5, 0.6) is 0 Å². The second kappa shape index (κ2) is 5.87. The number of benzene rings is 1. The Morgan fingerprint density at radius 2 is 2.25 bits per heavy atom. The Labute approximate surface area is 97.6 Å². The van der Waals surface area contributed by atoms with Gasteiger partial charge in [-0.2, -0.15) is 0 Å². The van der Waals surface area contributed by atoms with Gasteiger partial charge in [0.15, 0.2) is 0 Å².